The number of carbonyl (C=O) groups is 2. The van der Waals surface area contributed by atoms with E-state index in [0.717, 1.165) is 28.8 Å². The van der Waals surface area contributed by atoms with E-state index >= 15 is 0 Å². The Hall–Kier alpha value is -2.29. The van der Waals surface area contributed by atoms with Gasteiger partial charge in [0.15, 0.2) is 0 Å². The van der Waals surface area contributed by atoms with Gasteiger partial charge in [-0.2, -0.15) is 0 Å². The molecule has 8 heteroatoms. The first kappa shape index (κ1) is 19.0. The minimum absolute atomic E-state index is 0.0660. The lowest BCUT2D eigenvalue weighted by atomic mass is 10.1. The van der Waals surface area contributed by atoms with Crippen molar-refractivity contribution >= 4 is 23.2 Å². The Kier molecular flexibility index (Phi) is 5.43. The SMILES string of the molecule is O=C(Cc1cc2c(s1)CCN(C(=O)CN[C@H]1C[C@@H]1c1ccc(F)cc1)C2)NO. The number of rotatable bonds is 6. The van der Waals surface area contributed by atoms with E-state index in [2.05, 4.69) is 5.32 Å². The van der Waals surface area contributed by atoms with Crippen molar-refractivity contribution in [1.82, 2.24) is 15.7 Å². The van der Waals surface area contributed by atoms with Gasteiger partial charge in [-0.05, 0) is 42.2 Å². The summed E-state index contributed by atoms with van der Waals surface area (Å²) in [4.78, 5) is 27.8. The number of hydroxylamine groups is 1. The van der Waals surface area contributed by atoms with E-state index in [9.17, 15) is 14.0 Å². The van der Waals surface area contributed by atoms with Crippen LogP contribution in [-0.4, -0.2) is 41.1 Å². The highest BCUT2D eigenvalue weighted by atomic mass is 32.1. The van der Waals surface area contributed by atoms with E-state index in [4.69, 9.17) is 5.21 Å². The average Bonchev–Trinajstić information content (AvgIpc) is 3.36. The molecule has 1 fully saturated rings. The fourth-order valence-electron chi connectivity index (χ4n) is 3.72. The van der Waals surface area contributed by atoms with Crippen LogP contribution in [0.25, 0.3) is 0 Å². The molecule has 2 aliphatic rings. The van der Waals surface area contributed by atoms with Crippen molar-refractivity contribution in [3.05, 3.63) is 57.0 Å². The molecule has 28 heavy (non-hydrogen) atoms. The maximum Gasteiger partial charge on any atom is 0.248 e. The van der Waals surface area contributed by atoms with Crippen molar-refractivity contribution in [2.75, 3.05) is 13.1 Å². The van der Waals surface area contributed by atoms with Gasteiger partial charge in [0, 0.05) is 34.8 Å². The van der Waals surface area contributed by atoms with E-state index in [0.29, 0.717) is 25.6 Å². The highest BCUT2D eigenvalue weighted by Crippen LogP contribution is 2.40. The topological polar surface area (TPSA) is 81.7 Å². The second-order valence-electron chi connectivity index (χ2n) is 7.32. The van der Waals surface area contributed by atoms with Crippen molar-refractivity contribution in [2.24, 2.45) is 0 Å². The largest absolute Gasteiger partial charge is 0.337 e. The molecule has 0 radical (unpaired) electrons. The summed E-state index contributed by atoms with van der Waals surface area (Å²) in [6, 6.07) is 8.77. The quantitative estimate of drug-likeness (QED) is 0.509. The summed E-state index contributed by atoms with van der Waals surface area (Å²) in [6.07, 6.45) is 1.90. The smallest absolute Gasteiger partial charge is 0.248 e. The first-order chi connectivity index (χ1) is 13.5. The standard InChI is InChI=1S/C20H22FN3O3S/c21-14-3-1-12(2-4-14)16-9-17(16)22-10-20(26)24-6-5-18-13(11-24)7-15(28-18)8-19(25)23-27/h1-4,7,16-17,22,27H,5-6,8-11H2,(H,23,25)/t16-,17+/m1/s1. The summed E-state index contributed by atoms with van der Waals surface area (Å²) in [7, 11) is 0. The monoisotopic (exact) mass is 403 g/mol. The lowest BCUT2D eigenvalue weighted by Gasteiger charge is -2.27. The van der Waals surface area contributed by atoms with Crippen molar-refractivity contribution in [3.8, 4) is 0 Å². The number of thiophene rings is 1. The molecule has 3 N–H and O–H groups in total. The number of halogens is 1. The third-order valence-corrected chi connectivity index (χ3v) is 6.57. The number of hydrogen-bond acceptors (Lipinski definition) is 5. The Morgan fingerprint density at radius 1 is 1.29 bits per heavy atom. The van der Waals surface area contributed by atoms with Crippen LogP contribution in [0, 0.1) is 5.82 Å². The lowest BCUT2D eigenvalue weighted by Crippen LogP contribution is -2.41. The summed E-state index contributed by atoms with van der Waals surface area (Å²) < 4.78 is 13.0. The first-order valence-corrected chi connectivity index (χ1v) is 10.1. The van der Waals surface area contributed by atoms with Gasteiger partial charge in [-0.3, -0.25) is 14.8 Å². The molecule has 2 atom stereocenters. The summed E-state index contributed by atoms with van der Waals surface area (Å²) >= 11 is 1.57. The summed E-state index contributed by atoms with van der Waals surface area (Å²) in [5.41, 5.74) is 3.84. The molecular formula is C20H22FN3O3S. The van der Waals surface area contributed by atoms with Crippen LogP contribution in [-0.2, 0) is 29.0 Å². The Morgan fingerprint density at radius 3 is 2.82 bits per heavy atom. The minimum Gasteiger partial charge on any atom is -0.337 e. The van der Waals surface area contributed by atoms with Crippen LogP contribution in [0.15, 0.2) is 30.3 Å². The molecule has 2 heterocycles. The van der Waals surface area contributed by atoms with Crippen LogP contribution in [0.2, 0.25) is 0 Å². The zero-order valence-electron chi connectivity index (χ0n) is 15.3. The number of hydrogen-bond donors (Lipinski definition) is 3. The molecule has 1 aromatic carbocycles. The number of nitrogens with one attached hydrogen (secondary N) is 2. The zero-order valence-corrected chi connectivity index (χ0v) is 16.1. The van der Waals surface area contributed by atoms with Gasteiger partial charge in [-0.1, -0.05) is 12.1 Å². The summed E-state index contributed by atoms with van der Waals surface area (Å²) in [5.74, 6) is -0.257. The molecular weight excluding hydrogens is 381 g/mol. The summed E-state index contributed by atoms with van der Waals surface area (Å²) in [5, 5.41) is 12.0. The molecule has 0 saturated heterocycles. The van der Waals surface area contributed by atoms with Gasteiger partial charge in [0.2, 0.25) is 11.8 Å². The predicted octanol–water partition coefficient (Wildman–Crippen LogP) is 1.97. The fraction of sp³-hybridized carbons (Fsp3) is 0.400. The van der Waals surface area contributed by atoms with Gasteiger partial charge in [-0.15, -0.1) is 11.3 Å². The van der Waals surface area contributed by atoms with Gasteiger partial charge in [0.05, 0.1) is 13.0 Å². The van der Waals surface area contributed by atoms with Gasteiger partial charge in [0.25, 0.3) is 0 Å². The lowest BCUT2D eigenvalue weighted by molar-refractivity contribution is -0.131. The van der Waals surface area contributed by atoms with Gasteiger partial charge in [0.1, 0.15) is 5.82 Å². The van der Waals surface area contributed by atoms with Crippen LogP contribution in [0.5, 0.6) is 0 Å². The molecule has 2 aromatic rings. The third kappa shape index (κ3) is 4.24. The van der Waals surface area contributed by atoms with Crippen LogP contribution in [0.3, 0.4) is 0 Å². The Labute approximate surface area is 166 Å². The van der Waals surface area contributed by atoms with E-state index in [1.807, 2.05) is 11.0 Å². The van der Waals surface area contributed by atoms with Gasteiger partial charge >= 0.3 is 0 Å². The Balaban J connectivity index is 1.27. The van der Waals surface area contributed by atoms with E-state index < -0.39 is 5.91 Å². The molecule has 0 bridgehead atoms. The van der Waals surface area contributed by atoms with Crippen LogP contribution < -0.4 is 10.8 Å². The molecule has 2 amide bonds. The van der Waals surface area contributed by atoms with E-state index in [1.54, 1.807) is 28.9 Å². The number of amides is 2. The molecule has 4 rings (SSSR count). The number of carbonyl (C=O) groups excluding carboxylic acids is 2. The van der Waals surface area contributed by atoms with Crippen molar-refractivity contribution < 1.29 is 19.2 Å². The molecule has 0 unspecified atom stereocenters. The number of fused-ring (bicyclic) bond motifs is 1. The molecule has 6 nitrogen and oxygen atoms in total. The molecule has 0 spiro atoms. The van der Waals surface area contributed by atoms with E-state index in [-0.39, 0.29) is 24.2 Å². The first-order valence-electron chi connectivity index (χ1n) is 9.33. The van der Waals surface area contributed by atoms with E-state index in [1.165, 1.54) is 17.0 Å². The maximum atomic E-state index is 13.0. The van der Waals surface area contributed by atoms with Gasteiger partial charge < -0.3 is 10.2 Å². The molecule has 148 valence electrons. The number of nitrogens with zero attached hydrogens (tertiary/aromatic N) is 1. The fourth-order valence-corrected chi connectivity index (χ4v) is 4.89. The number of benzene rings is 1. The zero-order chi connectivity index (χ0) is 19.7. The van der Waals surface area contributed by atoms with Gasteiger partial charge in [-0.25, -0.2) is 9.87 Å². The Bertz CT molecular complexity index is 883. The second kappa shape index (κ2) is 7.98. The molecule has 1 aromatic heterocycles. The highest BCUT2D eigenvalue weighted by Gasteiger charge is 2.38. The highest BCUT2D eigenvalue weighted by molar-refractivity contribution is 7.12. The Morgan fingerprint density at radius 2 is 2.07 bits per heavy atom. The van der Waals surface area contributed by atoms with Crippen molar-refractivity contribution in [3.63, 3.8) is 0 Å². The second-order valence-corrected chi connectivity index (χ2v) is 8.54. The van der Waals surface area contributed by atoms with Crippen LogP contribution in [0.1, 0.15) is 33.2 Å². The normalized spacial score (nSPS) is 20.6. The molecule has 1 saturated carbocycles. The average molecular weight is 403 g/mol. The molecule has 1 aliphatic carbocycles. The van der Waals surface area contributed by atoms with Crippen LogP contribution >= 0.6 is 11.3 Å². The summed E-state index contributed by atoms with van der Waals surface area (Å²) in [6.45, 7) is 1.52. The van der Waals surface area contributed by atoms with Crippen molar-refractivity contribution in [1.29, 1.82) is 0 Å². The van der Waals surface area contributed by atoms with Crippen molar-refractivity contribution in [2.45, 2.75) is 37.8 Å². The maximum absolute atomic E-state index is 13.0. The third-order valence-electron chi connectivity index (χ3n) is 5.33. The predicted molar refractivity (Wildman–Crippen MR) is 103 cm³/mol. The minimum atomic E-state index is -0.434. The van der Waals surface area contributed by atoms with Crippen LogP contribution in [0.4, 0.5) is 4.39 Å². The molecule has 1 aliphatic heterocycles.